The summed E-state index contributed by atoms with van der Waals surface area (Å²) in [7, 11) is 1.00. The summed E-state index contributed by atoms with van der Waals surface area (Å²) in [5.41, 5.74) is 0. The highest BCUT2D eigenvalue weighted by Gasteiger charge is 2.28. The molecule has 0 bridgehead atoms. The van der Waals surface area contributed by atoms with Crippen molar-refractivity contribution in [3.8, 4) is 0 Å². The van der Waals surface area contributed by atoms with Crippen molar-refractivity contribution in [2.75, 3.05) is 26.9 Å². The van der Waals surface area contributed by atoms with Crippen LogP contribution in [0.2, 0.25) is 0 Å². The van der Waals surface area contributed by atoms with Gasteiger partial charge in [0, 0.05) is 20.3 Å². The van der Waals surface area contributed by atoms with Gasteiger partial charge in [0.05, 0.1) is 13.0 Å². The molecule has 0 spiro atoms. The number of carboxylic acid groups (broad SMARTS) is 1. The van der Waals surface area contributed by atoms with Gasteiger partial charge in [0.25, 0.3) is 5.91 Å². The van der Waals surface area contributed by atoms with E-state index < -0.39 is 12.1 Å². The molecule has 1 rings (SSSR count). The molecule has 1 aliphatic rings. The fourth-order valence-electron chi connectivity index (χ4n) is 1.68. The van der Waals surface area contributed by atoms with Gasteiger partial charge in [-0.2, -0.15) is 0 Å². The standard InChI is InChI=1S/C12H21NO5.C2H6.CH4O/c1-2-3-6-13-12(16)10(9-11(14)15)17-7-4-5-8-18-13;2*1-2/h10H,2-9H2,1H3,(H,14,15);1-2H3;2H,1H3/t10-;;/m1../s1. The predicted molar refractivity (Wildman–Crippen MR) is 83.3 cm³/mol. The van der Waals surface area contributed by atoms with Gasteiger partial charge in [0.1, 0.15) is 6.10 Å². The lowest BCUT2D eigenvalue weighted by atomic mass is 10.2. The van der Waals surface area contributed by atoms with E-state index in [1.165, 1.54) is 5.06 Å². The van der Waals surface area contributed by atoms with Crippen molar-refractivity contribution in [3.63, 3.8) is 0 Å². The molecule has 0 saturated carbocycles. The van der Waals surface area contributed by atoms with Gasteiger partial charge in [-0.05, 0) is 19.3 Å². The third-order valence-corrected chi connectivity index (χ3v) is 2.70. The molecule has 0 aromatic carbocycles. The van der Waals surface area contributed by atoms with Gasteiger partial charge in [0.15, 0.2) is 0 Å². The van der Waals surface area contributed by atoms with E-state index in [9.17, 15) is 9.59 Å². The van der Waals surface area contributed by atoms with Crippen LogP contribution >= 0.6 is 0 Å². The summed E-state index contributed by atoms with van der Waals surface area (Å²) in [5, 5.41) is 17.1. The van der Waals surface area contributed by atoms with Crippen LogP contribution in [0.5, 0.6) is 0 Å². The van der Waals surface area contributed by atoms with Crippen LogP contribution in [0.3, 0.4) is 0 Å². The Kier molecular flexibility index (Phi) is 17.0. The van der Waals surface area contributed by atoms with E-state index in [4.69, 9.17) is 19.8 Å². The van der Waals surface area contributed by atoms with Crippen molar-refractivity contribution in [1.29, 1.82) is 0 Å². The first kappa shape index (κ1) is 23.1. The number of carboxylic acids is 1. The molecule has 7 heteroatoms. The third-order valence-electron chi connectivity index (χ3n) is 2.70. The van der Waals surface area contributed by atoms with Crippen LogP contribution in [0.15, 0.2) is 0 Å². The first-order valence-electron chi connectivity index (χ1n) is 7.87. The van der Waals surface area contributed by atoms with Crippen molar-refractivity contribution in [2.45, 2.75) is 59.0 Å². The molecule has 0 unspecified atom stereocenters. The number of ether oxygens (including phenoxy) is 1. The maximum Gasteiger partial charge on any atom is 0.306 e. The number of nitrogens with zero attached hydrogens (tertiary/aromatic N) is 1. The monoisotopic (exact) mass is 321 g/mol. The Balaban J connectivity index is 0. The van der Waals surface area contributed by atoms with Gasteiger partial charge in [-0.3, -0.25) is 14.4 Å². The fourth-order valence-corrected chi connectivity index (χ4v) is 1.68. The van der Waals surface area contributed by atoms with Gasteiger partial charge in [-0.25, -0.2) is 5.06 Å². The second-order valence-electron chi connectivity index (χ2n) is 4.29. The molecule has 0 aliphatic carbocycles. The van der Waals surface area contributed by atoms with E-state index in [2.05, 4.69) is 0 Å². The van der Waals surface area contributed by atoms with Crippen molar-refractivity contribution >= 4 is 11.9 Å². The van der Waals surface area contributed by atoms with E-state index in [1.807, 2.05) is 20.8 Å². The largest absolute Gasteiger partial charge is 0.481 e. The number of aliphatic hydroxyl groups is 1. The lowest BCUT2D eigenvalue weighted by Gasteiger charge is -2.24. The Hall–Kier alpha value is -1.18. The number of unbranched alkanes of at least 4 members (excludes halogenated alkanes) is 1. The summed E-state index contributed by atoms with van der Waals surface area (Å²) >= 11 is 0. The highest BCUT2D eigenvalue weighted by Crippen LogP contribution is 2.11. The van der Waals surface area contributed by atoms with Gasteiger partial charge in [-0.1, -0.05) is 27.2 Å². The number of hydrogen-bond donors (Lipinski definition) is 2. The number of hydrogen-bond acceptors (Lipinski definition) is 5. The van der Waals surface area contributed by atoms with E-state index in [0.29, 0.717) is 19.8 Å². The van der Waals surface area contributed by atoms with Gasteiger partial charge < -0.3 is 14.9 Å². The van der Waals surface area contributed by atoms with Crippen molar-refractivity contribution in [3.05, 3.63) is 0 Å². The molecular formula is C15H31NO6. The minimum atomic E-state index is -1.04. The van der Waals surface area contributed by atoms with Crippen LogP contribution < -0.4 is 0 Å². The van der Waals surface area contributed by atoms with Crippen molar-refractivity contribution in [1.82, 2.24) is 5.06 Å². The number of aliphatic carboxylic acids is 1. The average Bonchev–Trinajstić information content (AvgIpc) is 2.62. The Morgan fingerprint density at radius 2 is 1.86 bits per heavy atom. The molecule has 22 heavy (non-hydrogen) atoms. The maximum absolute atomic E-state index is 12.1. The lowest BCUT2D eigenvalue weighted by molar-refractivity contribution is -0.196. The second-order valence-corrected chi connectivity index (χ2v) is 4.29. The summed E-state index contributed by atoms with van der Waals surface area (Å²) in [5.74, 6) is -1.42. The highest BCUT2D eigenvalue weighted by atomic mass is 16.7. The Morgan fingerprint density at radius 3 is 2.41 bits per heavy atom. The normalized spacial score (nSPS) is 18.7. The molecule has 1 aliphatic heterocycles. The zero-order chi connectivity index (χ0) is 17.4. The minimum Gasteiger partial charge on any atom is -0.481 e. The smallest absolute Gasteiger partial charge is 0.306 e. The molecule has 0 aromatic heterocycles. The fraction of sp³-hybridized carbons (Fsp3) is 0.867. The number of carbonyl (C=O) groups is 2. The number of amides is 1. The van der Waals surface area contributed by atoms with Crippen LogP contribution in [0.25, 0.3) is 0 Å². The minimum absolute atomic E-state index is 0.315. The first-order valence-corrected chi connectivity index (χ1v) is 7.87. The summed E-state index contributed by atoms with van der Waals surface area (Å²) in [4.78, 5) is 28.2. The molecule has 1 atom stereocenters. The van der Waals surface area contributed by atoms with E-state index in [1.54, 1.807) is 0 Å². The summed E-state index contributed by atoms with van der Waals surface area (Å²) in [6, 6.07) is 0. The molecule has 1 amide bonds. The van der Waals surface area contributed by atoms with Crippen LogP contribution in [0, 0.1) is 0 Å². The van der Waals surface area contributed by atoms with E-state index in [-0.39, 0.29) is 12.3 Å². The second kappa shape index (κ2) is 16.2. The molecule has 7 nitrogen and oxygen atoms in total. The topological polar surface area (TPSA) is 96.3 Å². The van der Waals surface area contributed by atoms with Crippen LogP contribution in [-0.4, -0.2) is 60.1 Å². The SMILES string of the molecule is CC.CCCCN1OCCCCO[C@H](CC(=O)O)C1=O.CO. The Labute approximate surface area is 133 Å². The molecule has 132 valence electrons. The van der Waals surface area contributed by atoms with E-state index >= 15 is 0 Å². The first-order chi connectivity index (χ1) is 10.6. The average molecular weight is 321 g/mol. The number of rotatable bonds is 5. The third kappa shape index (κ3) is 10.5. The van der Waals surface area contributed by atoms with Crippen molar-refractivity contribution < 1.29 is 29.4 Å². The number of hydroxylamine groups is 2. The summed E-state index contributed by atoms with van der Waals surface area (Å²) < 4.78 is 5.34. The number of carbonyl (C=O) groups excluding carboxylic acids is 1. The van der Waals surface area contributed by atoms with Crippen LogP contribution in [0.4, 0.5) is 0 Å². The molecule has 1 fully saturated rings. The van der Waals surface area contributed by atoms with Gasteiger partial charge in [0.2, 0.25) is 0 Å². The van der Waals surface area contributed by atoms with Crippen LogP contribution in [-0.2, 0) is 19.2 Å². The zero-order valence-corrected chi connectivity index (χ0v) is 14.2. The molecular weight excluding hydrogens is 290 g/mol. The summed E-state index contributed by atoms with van der Waals surface area (Å²) in [6.07, 6.45) is 2.09. The summed E-state index contributed by atoms with van der Waals surface area (Å²) in [6.45, 7) is 7.37. The predicted octanol–water partition coefficient (Wildman–Crippen LogP) is 1.84. The lowest BCUT2D eigenvalue weighted by Crippen LogP contribution is -2.41. The van der Waals surface area contributed by atoms with Crippen LogP contribution in [0.1, 0.15) is 52.9 Å². The molecule has 0 aromatic rings. The Morgan fingerprint density at radius 1 is 1.27 bits per heavy atom. The van der Waals surface area contributed by atoms with Gasteiger partial charge in [-0.15, -0.1) is 0 Å². The molecule has 0 radical (unpaired) electrons. The quantitative estimate of drug-likeness (QED) is 0.802. The maximum atomic E-state index is 12.1. The molecule has 1 saturated heterocycles. The van der Waals surface area contributed by atoms with Gasteiger partial charge >= 0.3 is 5.97 Å². The number of aliphatic hydroxyl groups excluding tert-OH is 1. The zero-order valence-electron chi connectivity index (χ0n) is 14.2. The van der Waals surface area contributed by atoms with E-state index in [0.717, 1.165) is 32.8 Å². The highest BCUT2D eigenvalue weighted by molar-refractivity contribution is 5.84. The Bertz CT molecular complexity index is 285. The molecule has 2 N–H and O–H groups in total. The van der Waals surface area contributed by atoms with Crippen molar-refractivity contribution in [2.24, 2.45) is 0 Å². The molecule has 1 heterocycles.